The van der Waals surface area contributed by atoms with Crippen LogP contribution in [0.5, 0.6) is 0 Å². The van der Waals surface area contributed by atoms with Gasteiger partial charge in [-0.15, -0.1) is 0 Å². The lowest BCUT2D eigenvalue weighted by Gasteiger charge is -2.08. The first-order valence-electron chi connectivity index (χ1n) is 21.4. The highest BCUT2D eigenvalue weighted by molar-refractivity contribution is 6.05. The van der Waals surface area contributed by atoms with Gasteiger partial charge in [-0.3, -0.25) is 0 Å². The highest BCUT2D eigenvalue weighted by atomic mass is 16.3. The van der Waals surface area contributed by atoms with Gasteiger partial charge in [-0.1, -0.05) is 72.5 Å². The minimum absolute atomic E-state index is 0.283. The zero-order valence-electron chi connectivity index (χ0n) is 39.6. The van der Waals surface area contributed by atoms with E-state index in [1.807, 2.05) is 0 Å². The molecule has 6 nitrogen and oxygen atoms in total. The Morgan fingerprint density at radius 3 is 1.75 bits per heavy atom. The minimum atomic E-state index is -0.814. The van der Waals surface area contributed by atoms with Crippen molar-refractivity contribution in [2.24, 2.45) is 0 Å². The molecule has 0 N–H and O–H groups in total. The van der Waals surface area contributed by atoms with Gasteiger partial charge >= 0.3 is 0 Å². The van der Waals surface area contributed by atoms with Gasteiger partial charge in [0.1, 0.15) is 16.7 Å². The van der Waals surface area contributed by atoms with Gasteiger partial charge in [0.15, 0.2) is 23.1 Å². The van der Waals surface area contributed by atoms with Gasteiger partial charge in [-0.25, -0.2) is 19.9 Å². The van der Waals surface area contributed by atoms with Crippen LogP contribution in [0, 0.1) is 0 Å². The van der Waals surface area contributed by atoms with Gasteiger partial charge in [0.05, 0.1) is 27.4 Å². The van der Waals surface area contributed by atoms with Gasteiger partial charge in [-0.2, -0.15) is 0 Å². The first-order chi connectivity index (χ1) is 28.1. The second-order valence-electron chi connectivity index (χ2n) is 8.01. The predicted octanol–water partition coefficient (Wildman–Crippen LogP) is 8.58. The quantitative estimate of drug-likeness (QED) is 0.224. The van der Waals surface area contributed by atoms with Crippen molar-refractivity contribution in [3.05, 3.63) is 121 Å². The SMILES string of the molecule is [2H]c1c([2H])c([2H])c(-c2nc(-c3c([2H])c([2H])c4nc(-c5c([2H])c([2H])c([2H])c([2H])c5[2H])oc4c3[2H])nc(-c3c([2H])c([2H])c4c(oc5c([2H])c([2H])c([2H])c([2H])c54)c3[2H])n2)c([2H])c1[2H]. The Kier molecular flexibility index (Phi) is 2.29. The van der Waals surface area contributed by atoms with Crippen LogP contribution >= 0.6 is 0 Å². The molecule has 40 heavy (non-hydrogen) atoms. The molecule has 5 aromatic carbocycles. The van der Waals surface area contributed by atoms with Gasteiger partial charge in [0.25, 0.3) is 0 Å². The highest BCUT2D eigenvalue weighted by Crippen LogP contribution is 2.33. The van der Waals surface area contributed by atoms with Crippen molar-refractivity contribution in [3.8, 4) is 45.6 Å². The summed E-state index contributed by atoms with van der Waals surface area (Å²) in [7, 11) is 0. The van der Waals surface area contributed by atoms with Crippen LogP contribution in [0.15, 0.2) is 130 Å². The number of rotatable bonds is 4. The summed E-state index contributed by atoms with van der Waals surface area (Å²) in [6, 6.07) is -14.7. The molecule has 0 aliphatic carbocycles. The Morgan fingerprint density at radius 1 is 0.425 bits per heavy atom. The molecule has 0 unspecified atom stereocenters. The van der Waals surface area contributed by atoms with E-state index in [9.17, 15) is 0 Å². The van der Waals surface area contributed by atoms with Crippen molar-refractivity contribution in [3.63, 3.8) is 0 Å². The van der Waals surface area contributed by atoms with Crippen molar-refractivity contribution in [1.82, 2.24) is 19.9 Å². The summed E-state index contributed by atoms with van der Waals surface area (Å²) in [4.78, 5) is 16.9. The number of nitrogens with zero attached hydrogens (tertiary/aromatic N) is 4. The van der Waals surface area contributed by atoms with Crippen LogP contribution in [0.4, 0.5) is 0 Å². The third-order valence-electron chi connectivity index (χ3n) is 5.58. The molecule has 3 aromatic heterocycles. The summed E-state index contributed by atoms with van der Waals surface area (Å²) in [5.74, 6) is -2.71. The highest BCUT2D eigenvalue weighted by Gasteiger charge is 2.16. The predicted molar refractivity (Wildman–Crippen MR) is 156 cm³/mol. The van der Waals surface area contributed by atoms with E-state index >= 15 is 0 Å². The lowest BCUT2D eigenvalue weighted by atomic mass is 10.1. The monoisotopic (exact) mass is 536 g/mol. The van der Waals surface area contributed by atoms with E-state index in [2.05, 4.69) is 19.9 Å². The number of furan rings is 1. The summed E-state index contributed by atoms with van der Waals surface area (Å²) < 4.78 is 181. The van der Waals surface area contributed by atoms with E-state index in [1.165, 1.54) is 0 Å². The van der Waals surface area contributed by atoms with Gasteiger partial charge in [-0.05, 0) is 48.3 Å². The normalized spacial score (nSPS) is 18.5. The second kappa shape index (κ2) is 8.99. The average molecular weight is 537 g/mol. The maximum absolute atomic E-state index is 9.15. The summed E-state index contributed by atoms with van der Waals surface area (Å²) in [5.41, 5.74) is -4.26. The first-order valence-corrected chi connectivity index (χ1v) is 11.4. The fourth-order valence-electron chi connectivity index (χ4n) is 3.81. The van der Waals surface area contributed by atoms with E-state index in [1.54, 1.807) is 0 Å². The van der Waals surface area contributed by atoms with Gasteiger partial charge < -0.3 is 8.83 Å². The molecule has 188 valence electrons. The van der Waals surface area contributed by atoms with Crippen molar-refractivity contribution >= 4 is 33.0 Å². The fraction of sp³-hybridized carbons (Fsp3) is 0. The number of fused-ring (bicyclic) bond motifs is 4. The molecular weight excluding hydrogens is 496 g/mol. The largest absolute Gasteiger partial charge is 0.456 e. The van der Waals surface area contributed by atoms with E-state index in [0.717, 1.165) is 0 Å². The molecule has 0 radical (unpaired) electrons. The zero-order chi connectivity index (χ0) is 43.9. The lowest BCUT2D eigenvalue weighted by molar-refractivity contribution is 0.620. The Bertz CT molecular complexity index is 3230. The van der Waals surface area contributed by atoms with E-state index in [4.69, 9.17) is 36.2 Å². The Labute approximate surface area is 256 Å². The zero-order valence-corrected chi connectivity index (χ0v) is 19.6. The van der Waals surface area contributed by atoms with Crippen LogP contribution in [0.2, 0.25) is 0 Å². The van der Waals surface area contributed by atoms with Crippen LogP contribution in [0.25, 0.3) is 78.7 Å². The molecule has 8 aromatic rings. The van der Waals surface area contributed by atoms with Gasteiger partial charge in [0.2, 0.25) is 5.89 Å². The lowest BCUT2D eigenvalue weighted by Crippen LogP contribution is -2.00. The Morgan fingerprint density at radius 2 is 1.00 bits per heavy atom. The summed E-state index contributed by atoms with van der Waals surface area (Å²) in [5, 5.41) is -0.600. The molecule has 0 fully saturated rings. The van der Waals surface area contributed by atoms with Crippen molar-refractivity contribution < 1.29 is 36.2 Å². The molecule has 0 aliphatic heterocycles. The van der Waals surface area contributed by atoms with E-state index in [-0.39, 0.29) is 10.8 Å². The summed E-state index contributed by atoms with van der Waals surface area (Å²) >= 11 is 0. The number of benzene rings is 5. The molecule has 3 heterocycles. The van der Waals surface area contributed by atoms with Crippen LogP contribution in [-0.4, -0.2) is 19.9 Å². The third-order valence-corrected chi connectivity index (χ3v) is 5.58. The standard InChI is InChI=1S/C34H20N4O2/c1-3-9-21(10-4-1)31-36-32(23-15-17-26-25-13-7-8-14-28(25)39-29(26)19-23)38-33(37-31)24-16-18-27-30(20-24)40-34(35-27)22-11-5-2-6-12-22/h1-20H/i1D,2D,3D,4D,5D,6D,7D,8D,9D,10D,11D,12D,13D,14D,15D,16D,17D,18D,19D,20D. The molecule has 0 saturated carbocycles. The molecule has 0 amide bonds. The molecule has 0 aliphatic rings. The van der Waals surface area contributed by atoms with Crippen molar-refractivity contribution in [2.75, 3.05) is 0 Å². The molecule has 0 bridgehead atoms. The van der Waals surface area contributed by atoms with Crippen molar-refractivity contribution in [1.29, 1.82) is 0 Å². The number of para-hydroxylation sites is 1. The average Bonchev–Trinajstić information content (AvgIpc) is 3.85. The topological polar surface area (TPSA) is 77.8 Å². The van der Waals surface area contributed by atoms with Crippen LogP contribution in [0.3, 0.4) is 0 Å². The fourth-order valence-corrected chi connectivity index (χ4v) is 3.81. The summed E-state index contributed by atoms with van der Waals surface area (Å²) in [6.45, 7) is 0. The third kappa shape index (κ3) is 3.82. The number of hydrogen-bond donors (Lipinski definition) is 0. The van der Waals surface area contributed by atoms with Gasteiger partial charge in [0, 0.05) is 33.0 Å². The maximum Gasteiger partial charge on any atom is 0.227 e. The summed E-state index contributed by atoms with van der Waals surface area (Å²) in [6.07, 6.45) is 0. The number of oxazole rings is 1. The molecular formula is C34H20N4O2. The Balaban J connectivity index is 1.47. The molecule has 0 saturated heterocycles. The molecule has 0 spiro atoms. The van der Waals surface area contributed by atoms with E-state index in [0.29, 0.717) is 0 Å². The van der Waals surface area contributed by atoms with Crippen LogP contribution < -0.4 is 0 Å². The minimum Gasteiger partial charge on any atom is -0.456 e. The second-order valence-corrected chi connectivity index (χ2v) is 8.01. The smallest absolute Gasteiger partial charge is 0.227 e. The Hall–Kier alpha value is -5.62. The molecule has 6 heteroatoms. The maximum atomic E-state index is 9.15. The molecule has 0 atom stereocenters. The number of hydrogen-bond acceptors (Lipinski definition) is 6. The molecule has 8 rings (SSSR count). The van der Waals surface area contributed by atoms with E-state index < -0.39 is 189 Å². The van der Waals surface area contributed by atoms with Crippen LogP contribution in [0.1, 0.15) is 27.4 Å². The number of aromatic nitrogens is 4. The first kappa shape index (κ1) is 10.2. The van der Waals surface area contributed by atoms with Crippen molar-refractivity contribution in [2.45, 2.75) is 0 Å². The van der Waals surface area contributed by atoms with Crippen LogP contribution in [-0.2, 0) is 0 Å².